The van der Waals surface area contributed by atoms with Gasteiger partial charge < -0.3 is 9.47 Å². The lowest BCUT2D eigenvalue weighted by Gasteiger charge is -2.25. The third-order valence-electron chi connectivity index (χ3n) is 6.24. The minimum Gasteiger partial charge on any atom is -0.331 e. The molecule has 2 atom stereocenters. The molecule has 2 bridgehead atoms. The molecule has 6 rings (SSSR count). The van der Waals surface area contributed by atoms with Crippen LogP contribution in [0, 0.1) is 0 Å². The van der Waals surface area contributed by atoms with Crippen LogP contribution in [0.5, 0.6) is 0 Å². The molecule has 0 spiro atoms. The van der Waals surface area contributed by atoms with Crippen LogP contribution in [0.15, 0.2) is 36.4 Å². The summed E-state index contributed by atoms with van der Waals surface area (Å²) in [5, 5.41) is 0.722. The highest BCUT2D eigenvalue weighted by molar-refractivity contribution is 6.31. The zero-order valence-electron chi connectivity index (χ0n) is 14.4. The van der Waals surface area contributed by atoms with Crippen molar-refractivity contribution in [1.82, 2.24) is 14.5 Å². The van der Waals surface area contributed by atoms with Gasteiger partial charge in [-0.05, 0) is 54.2 Å². The third-order valence-corrected chi connectivity index (χ3v) is 6.48. The molecule has 2 aliphatic heterocycles. The highest BCUT2D eigenvalue weighted by Crippen LogP contribution is 2.52. The number of nitrogens with zero attached hydrogens (tertiary/aromatic N) is 3. The molecule has 0 radical (unpaired) electrons. The first-order chi connectivity index (χ1) is 12.6. The second-order valence-corrected chi connectivity index (χ2v) is 8.18. The Bertz CT molecular complexity index is 1100. The first kappa shape index (κ1) is 14.8. The zero-order chi connectivity index (χ0) is 17.6. The largest absolute Gasteiger partial charge is 0.331 e. The molecule has 1 aromatic heterocycles. The number of hydrogen-bond acceptors (Lipinski definition) is 2. The Morgan fingerprint density at radius 1 is 1.15 bits per heavy atom. The van der Waals surface area contributed by atoms with E-state index in [2.05, 4.69) is 10.6 Å². The van der Waals surface area contributed by atoms with Crippen molar-refractivity contribution in [3.8, 4) is 0 Å². The van der Waals surface area contributed by atoms with Crippen molar-refractivity contribution in [2.75, 3.05) is 7.05 Å². The van der Waals surface area contributed by atoms with Crippen LogP contribution in [-0.2, 0) is 0 Å². The average Bonchev–Trinajstić information content (AvgIpc) is 3.35. The molecule has 0 saturated heterocycles. The van der Waals surface area contributed by atoms with E-state index < -0.39 is 0 Å². The normalized spacial score (nSPS) is 23.9. The van der Waals surface area contributed by atoms with Crippen LogP contribution in [0.3, 0.4) is 0 Å². The summed E-state index contributed by atoms with van der Waals surface area (Å²) in [7, 11) is 1.91. The minimum atomic E-state index is 0.0122. The Morgan fingerprint density at radius 2 is 2.00 bits per heavy atom. The summed E-state index contributed by atoms with van der Waals surface area (Å²) in [4.78, 5) is 19.9. The van der Waals surface area contributed by atoms with Crippen LogP contribution < -0.4 is 0 Å². The van der Waals surface area contributed by atoms with Crippen LogP contribution >= 0.6 is 11.6 Å². The monoisotopic (exact) mass is 363 g/mol. The maximum atomic E-state index is 13.2. The van der Waals surface area contributed by atoms with E-state index in [1.165, 1.54) is 24.0 Å². The molecule has 1 amide bonds. The van der Waals surface area contributed by atoms with E-state index in [0.29, 0.717) is 5.92 Å². The number of amides is 1. The van der Waals surface area contributed by atoms with Crippen LogP contribution in [0.4, 0.5) is 0 Å². The van der Waals surface area contributed by atoms with Gasteiger partial charge in [-0.25, -0.2) is 4.98 Å². The van der Waals surface area contributed by atoms with Crippen molar-refractivity contribution in [3.63, 3.8) is 0 Å². The molecule has 3 heterocycles. The van der Waals surface area contributed by atoms with Crippen molar-refractivity contribution in [2.45, 2.75) is 37.3 Å². The molecule has 2 aromatic carbocycles. The lowest BCUT2D eigenvalue weighted by molar-refractivity contribution is 0.0734. The summed E-state index contributed by atoms with van der Waals surface area (Å²) in [6.07, 6.45) is 3.34. The molecule has 0 unspecified atom stereocenters. The highest BCUT2D eigenvalue weighted by atomic mass is 35.5. The number of hydrogen-bond donors (Lipinski definition) is 0. The molecular weight excluding hydrogens is 346 g/mol. The number of rotatable bonds is 1. The summed E-state index contributed by atoms with van der Waals surface area (Å²) in [6, 6.07) is 12.3. The van der Waals surface area contributed by atoms with Gasteiger partial charge in [0.15, 0.2) is 0 Å². The number of carbonyl (C=O) groups is 1. The zero-order valence-corrected chi connectivity index (χ0v) is 15.2. The molecule has 130 valence electrons. The van der Waals surface area contributed by atoms with Gasteiger partial charge in [-0.2, -0.15) is 0 Å². The third kappa shape index (κ3) is 1.80. The Labute approximate surface area is 156 Å². The van der Waals surface area contributed by atoms with Gasteiger partial charge >= 0.3 is 0 Å². The number of aromatic nitrogens is 2. The molecule has 26 heavy (non-hydrogen) atoms. The van der Waals surface area contributed by atoms with Crippen molar-refractivity contribution in [2.24, 2.45) is 0 Å². The number of halogens is 1. The van der Waals surface area contributed by atoms with Gasteiger partial charge in [-0.1, -0.05) is 23.7 Å². The number of carbonyl (C=O) groups excluding carboxylic acids is 1. The molecule has 3 aliphatic rings. The topological polar surface area (TPSA) is 38.1 Å². The lowest BCUT2D eigenvalue weighted by Crippen LogP contribution is -2.30. The standard InChI is InChI=1S/C21H18ClN3O/c1-24-18-10-17(25-16-9-12(22)7-8-15(16)23-20(18)25)19-13(11-5-6-11)3-2-4-14(19)21(24)26/h2-4,7-9,11,17-18H,5-6,10H2,1H3/t17-,18-/m1/s1. The molecular formula is C21H18ClN3O. The average molecular weight is 364 g/mol. The maximum absolute atomic E-state index is 13.2. The second kappa shape index (κ2) is 4.89. The van der Waals surface area contributed by atoms with Crippen LogP contribution in [0.25, 0.3) is 11.0 Å². The van der Waals surface area contributed by atoms with Crippen molar-refractivity contribution in [3.05, 3.63) is 63.9 Å². The first-order valence-corrected chi connectivity index (χ1v) is 9.58. The smallest absolute Gasteiger partial charge is 0.254 e. The van der Waals surface area contributed by atoms with Crippen LogP contribution in [-0.4, -0.2) is 27.4 Å². The molecule has 1 fully saturated rings. The molecule has 0 N–H and O–H groups in total. The predicted molar refractivity (Wildman–Crippen MR) is 101 cm³/mol. The Kier molecular flexibility index (Phi) is 2.78. The van der Waals surface area contributed by atoms with Crippen LogP contribution in [0.2, 0.25) is 5.02 Å². The van der Waals surface area contributed by atoms with E-state index in [-0.39, 0.29) is 18.0 Å². The van der Waals surface area contributed by atoms with E-state index >= 15 is 0 Å². The van der Waals surface area contributed by atoms with Crippen molar-refractivity contribution in [1.29, 1.82) is 0 Å². The van der Waals surface area contributed by atoms with Crippen molar-refractivity contribution >= 4 is 28.5 Å². The van der Waals surface area contributed by atoms with Gasteiger partial charge in [0, 0.05) is 24.1 Å². The van der Waals surface area contributed by atoms with E-state index in [9.17, 15) is 4.79 Å². The number of imidazole rings is 1. The predicted octanol–water partition coefficient (Wildman–Crippen LogP) is 4.69. The molecule has 4 nitrogen and oxygen atoms in total. The molecule has 5 heteroatoms. The summed E-state index contributed by atoms with van der Waals surface area (Å²) in [5.41, 5.74) is 5.45. The molecule has 1 saturated carbocycles. The van der Waals surface area contributed by atoms with Gasteiger partial charge in [0.1, 0.15) is 5.82 Å². The van der Waals surface area contributed by atoms with Gasteiger partial charge in [-0.15, -0.1) is 0 Å². The van der Waals surface area contributed by atoms with Gasteiger partial charge in [0.05, 0.1) is 23.1 Å². The summed E-state index contributed by atoms with van der Waals surface area (Å²) >= 11 is 6.29. The van der Waals surface area contributed by atoms with Crippen molar-refractivity contribution < 1.29 is 4.79 Å². The van der Waals surface area contributed by atoms with E-state index in [1.54, 1.807) is 0 Å². The summed E-state index contributed by atoms with van der Waals surface area (Å²) in [5.74, 6) is 1.70. The van der Waals surface area contributed by atoms with E-state index in [0.717, 1.165) is 33.9 Å². The van der Waals surface area contributed by atoms with E-state index in [4.69, 9.17) is 16.6 Å². The molecule has 1 aliphatic carbocycles. The van der Waals surface area contributed by atoms with Crippen LogP contribution in [0.1, 0.15) is 64.6 Å². The first-order valence-electron chi connectivity index (χ1n) is 9.21. The Balaban J connectivity index is 1.70. The number of benzene rings is 2. The van der Waals surface area contributed by atoms with Gasteiger partial charge in [0.25, 0.3) is 5.91 Å². The number of fused-ring (bicyclic) bond motifs is 9. The van der Waals surface area contributed by atoms with E-state index in [1.807, 2.05) is 42.3 Å². The fraction of sp³-hybridized carbons (Fsp3) is 0.333. The fourth-order valence-electron chi connectivity index (χ4n) is 4.87. The lowest BCUT2D eigenvalue weighted by atomic mass is 9.91. The maximum Gasteiger partial charge on any atom is 0.254 e. The quantitative estimate of drug-likeness (QED) is 0.629. The Morgan fingerprint density at radius 3 is 2.81 bits per heavy atom. The Hall–Kier alpha value is -2.33. The minimum absolute atomic E-state index is 0.0122. The fourth-order valence-corrected chi connectivity index (χ4v) is 5.04. The SMILES string of the molecule is CN1C(=O)c2cccc(C3CC3)c2[C@H]2C[C@@H]1c1nc3ccc(Cl)cc3n12. The summed E-state index contributed by atoms with van der Waals surface area (Å²) in [6.45, 7) is 0. The second-order valence-electron chi connectivity index (χ2n) is 7.74. The van der Waals surface area contributed by atoms with Gasteiger partial charge in [-0.3, -0.25) is 4.79 Å². The summed E-state index contributed by atoms with van der Waals surface area (Å²) < 4.78 is 2.33. The highest BCUT2D eigenvalue weighted by Gasteiger charge is 2.45. The van der Waals surface area contributed by atoms with Gasteiger partial charge in [0.2, 0.25) is 0 Å². The molecule has 3 aromatic rings.